The fourth-order valence-corrected chi connectivity index (χ4v) is 19.9. The molecule has 0 aromatic carbocycles. The van der Waals surface area contributed by atoms with Crippen molar-refractivity contribution in [1.29, 1.82) is 0 Å². The first-order valence-corrected chi connectivity index (χ1v) is 38.4. The van der Waals surface area contributed by atoms with Crippen molar-refractivity contribution in [2.45, 2.75) is 98.2 Å². The zero-order valence-corrected chi connectivity index (χ0v) is 56.2. The first-order valence-electron chi connectivity index (χ1n) is 27.7. The number of aromatic nitrogens is 16. The molecule has 0 aliphatic carbocycles. The number of aliphatic hydroxyl groups excluding tert-OH is 5. The Morgan fingerprint density at radius 3 is 1.53 bits per heavy atom. The number of phosphoric acid groups is 3. The summed E-state index contributed by atoms with van der Waals surface area (Å²) in [6.07, 6.45) is -22.2. The molecule has 4 fully saturated rings. The van der Waals surface area contributed by atoms with Crippen molar-refractivity contribution in [3.05, 3.63) is 62.7 Å². The van der Waals surface area contributed by atoms with Crippen LogP contribution >= 0.6 is 35.9 Å². The number of rotatable bonds is 25. The van der Waals surface area contributed by atoms with Gasteiger partial charge in [0.1, 0.15) is 85.1 Å². The molecule has 4 saturated heterocycles. The van der Waals surface area contributed by atoms with Gasteiger partial charge in [-0.1, -0.05) is 11.8 Å². The number of aromatic amines is 3. The van der Waals surface area contributed by atoms with Gasteiger partial charge in [0.2, 0.25) is 30.4 Å². The minimum Gasteiger partial charge on any atom is -0.690 e. The van der Waals surface area contributed by atoms with Crippen molar-refractivity contribution in [2.24, 2.45) is 7.05 Å². The second kappa shape index (κ2) is 27.2. The van der Waals surface area contributed by atoms with E-state index in [1.807, 2.05) is 0 Å². The summed E-state index contributed by atoms with van der Waals surface area (Å²) in [4.78, 5) is 122. The van der Waals surface area contributed by atoms with Gasteiger partial charge in [0.15, 0.2) is 52.5 Å². The van der Waals surface area contributed by atoms with E-state index in [9.17, 15) is 73.2 Å². The third kappa shape index (κ3) is 14.4. The highest BCUT2D eigenvalue weighted by atomic mass is 32.9. The Balaban J connectivity index is 0.740. The quantitative estimate of drug-likeness (QED) is 0.0144. The Labute approximate surface area is 558 Å². The number of nitrogens with two attached hydrogens (primary N) is 4. The van der Waals surface area contributed by atoms with Gasteiger partial charge in [-0.05, 0) is 11.8 Å². The Hall–Kier alpha value is -5.74. The zero-order valence-electron chi connectivity index (χ0n) is 49.3. The van der Waals surface area contributed by atoms with Crippen LogP contribution in [0, 0.1) is 0 Å². The van der Waals surface area contributed by atoms with E-state index in [-0.39, 0.29) is 62.4 Å². The number of aryl methyl sites for hydroxylation is 1. The molecular formula is C42H55N20O28P5S3. The Morgan fingerprint density at radius 1 is 0.541 bits per heavy atom. The molecule has 0 bridgehead atoms. The van der Waals surface area contributed by atoms with E-state index in [1.54, 1.807) is 0 Å². The number of aliphatic hydroxyl groups is 5. The Kier molecular flexibility index (Phi) is 20.0. The fraction of sp³-hybridized carbons (Fsp3) is 0.524. The average molecular weight is 1540 g/mol. The molecule has 20 N–H and O–H groups in total. The van der Waals surface area contributed by atoms with Gasteiger partial charge in [0, 0.05) is 7.11 Å². The van der Waals surface area contributed by atoms with E-state index in [1.165, 1.54) is 28.8 Å². The molecule has 8 aromatic heterocycles. The molecule has 8 aromatic rings. The lowest BCUT2D eigenvalue weighted by molar-refractivity contribution is -0.646. The molecule has 48 nitrogen and oxygen atoms in total. The Morgan fingerprint density at radius 2 is 0.980 bits per heavy atom. The van der Waals surface area contributed by atoms with E-state index in [4.69, 9.17) is 118 Å². The third-order valence-electron chi connectivity index (χ3n) is 15.2. The predicted octanol–water partition coefficient (Wildman–Crippen LogP) is -5.45. The van der Waals surface area contributed by atoms with E-state index in [2.05, 4.69) is 54.8 Å². The third-order valence-corrected chi connectivity index (χ3v) is 24.4. The van der Waals surface area contributed by atoms with Gasteiger partial charge in [-0.15, -0.1) is 0 Å². The summed E-state index contributed by atoms with van der Waals surface area (Å²) in [6.45, 7) is -9.16. The minimum absolute atomic E-state index is 0.00752. The van der Waals surface area contributed by atoms with Crippen LogP contribution in [0.4, 0.5) is 23.7 Å². The number of nitrogens with zero attached hydrogens (tertiary/aromatic N) is 13. The van der Waals surface area contributed by atoms with Crippen LogP contribution in [-0.4, -0.2) is 225 Å². The highest BCUT2D eigenvalue weighted by Gasteiger charge is 2.55. The summed E-state index contributed by atoms with van der Waals surface area (Å²) in [5, 5.41) is 55.7. The van der Waals surface area contributed by atoms with Gasteiger partial charge in [-0.3, -0.25) is 74.3 Å². The number of nitrogen functional groups attached to an aromatic ring is 4. The summed E-state index contributed by atoms with van der Waals surface area (Å²) in [7, 11) is -14.2. The van der Waals surface area contributed by atoms with Crippen molar-refractivity contribution in [2.75, 3.05) is 56.5 Å². The number of hydrogen-bond acceptors (Lipinski definition) is 39. The summed E-state index contributed by atoms with van der Waals surface area (Å²) < 4.78 is 119. The molecule has 0 amide bonds. The number of fused-ring (bicyclic) bond motifs is 4. The molecule has 21 unspecified atom stereocenters. The maximum Gasteiger partial charge on any atom is 0.476 e. The molecule has 534 valence electrons. The molecular weight excluding hydrogens is 1480 g/mol. The molecule has 98 heavy (non-hydrogen) atoms. The molecule has 4 aliphatic heterocycles. The lowest BCUT2D eigenvalue weighted by atomic mass is 10.1. The number of H-pyrrole nitrogens is 3. The van der Waals surface area contributed by atoms with Crippen LogP contribution < -0.4 is 44.2 Å². The largest absolute Gasteiger partial charge is 0.690 e. The number of methoxy groups -OCH3 is 1. The lowest BCUT2D eigenvalue weighted by Crippen LogP contribution is -2.38. The summed E-state index contributed by atoms with van der Waals surface area (Å²) in [6, 6.07) is 0. The number of phosphoric ester groups is 3. The van der Waals surface area contributed by atoms with Crippen molar-refractivity contribution in [1.82, 2.24) is 73.1 Å². The SMILES string of the molecule is COC1C(OP(O)(=S)OCC2OC(n3cnc4c(=O)[nH]c(N)nc43)C(O)C2OP(=O)(O)OCC2OC(n3cnc4c(=O)[nH]c(N)nc43)C(O)C2O)C(COP(=O)(O)OP(=S)([S-])OP(=O)(O)OCC2OC(n3c[n+](C)c4c(=O)[nH]c(N)nc43)C(O)C2O)OC1n1cnc2c(N)ncnc21. The van der Waals surface area contributed by atoms with Gasteiger partial charge in [-0.2, -0.15) is 19.5 Å². The lowest BCUT2D eigenvalue weighted by Gasteiger charge is -2.31. The van der Waals surface area contributed by atoms with Gasteiger partial charge in [-0.25, -0.2) is 43.2 Å². The maximum absolute atomic E-state index is 13.9. The second-order valence-corrected chi connectivity index (χ2v) is 34.0. The van der Waals surface area contributed by atoms with Crippen molar-refractivity contribution in [3.8, 4) is 0 Å². The predicted molar refractivity (Wildman–Crippen MR) is 331 cm³/mol. The topological polar surface area (TPSA) is 683 Å². The van der Waals surface area contributed by atoms with Crippen LogP contribution in [0.25, 0.3) is 44.7 Å². The van der Waals surface area contributed by atoms with E-state index in [0.29, 0.717) is 0 Å². The van der Waals surface area contributed by atoms with Crippen LogP contribution in [0.2, 0.25) is 0 Å². The highest BCUT2D eigenvalue weighted by molar-refractivity contribution is 8.52. The van der Waals surface area contributed by atoms with Gasteiger partial charge in [0.05, 0.1) is 58.2 Å². The number of ether oxygens (including phenoxy) is 5. The van der Waals surface area contributed by atoms with Crippen molar-refractivity contribution < 1.29 is 123 Å². The Bertz CT molecular complexity index is 4840. The maximum atomic E-state index is 13.9. The summed E-state index contributed by atoms with van der Waals surface area (Å²) in [5.74, 6) is -1.14. The van der Waals surface area contributed by atoms with Crippen LogP contribution in [-0.2, 0) is 116 Å². The number of anilines is 4. The molecule has 12 heterocycles. The fourth-order valence-electron chi connectivity index (χ4n) is 11.0. The second-order valence-electron chi connectivity index (χ2n) is 21.6. The van der Waals surface area contributed by atoms with Crippen LogP contribution in [0.1, 0.15) is 24.9 Å². The summed E-state index contributed by atoms with van der Waals surface area (Å²) >= 11 is 15.5. The van der Waals surface area contributed by atoms with Crippen molar-refractivity contribution in [3.63, 3.8) is 0 Å². The molecule has 4 aliphatic rings. The molecule has 12 rings (SSSR count). The first-order chi connectivity index (χ1) is 46.0. The van der Waals surface area contributed by atoms with Gasteiger partial charge >= 0.3 is 35.7 Å². The molecule has 0 spiro atoms. The molecule has 21 atom stereocenters. The highest BCUT2D eigenvalue weighted by Crippen LogP contribution is 2.69. The number of imidazole rings is 4. The molecule has 56 heteroatoms. The van der Waals surface area contributed by atoms with E-state index in [0.717, 1.165) is 39.8 Å². The minimum atomic E-state index is -5.71. The zero-order chi connectivity index (χ0) is 70.6. The van der Waals surface area contributed by atoms with Gasteiger partial charge < -0.3 is 108 Å². The van der Waals surface area contributed by atoms with Crippen LogP contribution in [0.3, 0.4) is 0 Å². The van der Waals surface area contributed by atoms with Crippen LogP contribution in [0.15, 0.2) is 46.0 Å². The summed E-state index contributed by atoms with van der Waals surface area (Å²) in [5.41, 5.74) is 15.1. The average Bonchev–Trinajstić information content (AvgIpc) is 1.62. The normalized spacial score (nSPS) is 30.7. The van der Waals surface area contributed by atoms with Crippen molar-refractivity contribution >= 4 is 140 Å². The van der Waals surface area contributed by atoms with E-state index < -0.39 is 183 Å². The van der Waals surface area contributed by atoms with Crippen LogP contribution in [0.5, 0.6) is 0 Å². The number of nitrogens with one attached hydrogen (secondary N) is 3. The van der Waals surface area contributed by atoms with Gasteiger partial charge in [0.25, 0.3) is 22.3 Å². The monoisotopic (exact) mass is 1540 g/mol. The van der Waals surface area contributed by atoms with E-state index >= 15 is 0 Å². The number of hydrogen-bond donors (Lipinski definition) is 16. The standard InChI is InChI=1S/C42H55N20O28P5S3/c1-58-11-62(32-19(58)35(70)57-42(46)54-32)37-23(66)21(64)13(84-37)4-80-92(73,74)89-95(97,98)90-93(75,76)81-5-15-26(27(78-2)39(86-15)59-8-49-16-28(43)47-7-48-29(16)59)88-94(77,96)82-6-14-25(24(67)38(85-14)61-10-51-18-31(61)53-41(45)56-34(18)69)87-91(71,72)79-3-12-20(63)22(65)36(83-12)60-9-50-17-30(60)52-40(44)55-33(17)68/h7-15,20-27,36-39,63-67H,3-6H2,1-2H3,(H15-,43,44,45,46,47,48,52,53,54,55,56,57,68,69,70,71,72,73,74,75,76,77,96,97,98). The smallest absolute Gasteiger partial charge is 0.476 e. The molecule has 0 radical (unpaired) electrons. The first kappa shape index (κ1) is 72.1. The molecule has 0 saturated carbocycles.